The number of aryl methyl sites for hydroxylation is 1. The Morgan fingerprint density at radius 2 is 2.00 bits per heavy atom. The zero-order valence-electron chi connectivity index (χ0n) is 12.7. The fraction of sp³-hybridized carbons (Fsp3) is 0.533. The lowest BCUT2D eigenvalue weighted by atomic mass is 10.1. The molecule has 0 bridgehead atoms. The molecule has 116 valence electrons. The number of nitrogens with one attached hydrogen (secondary N) is 2. The van der Waals surface area contributed by atoms with Gasteiger partial charge in [-0.25, -0.2) is 13.2 Å². The van der Waals surface area contributed by atoms with Crippen LogP contribution >= 0.6 is 0 Å². The molecule has 2 N–H and O–H groups in total. The molecule has 0 aliphatic carbocycles. The van der Waals surface area contributed by atoms with Crippen molar-refractivity contribution in [2.75, 3.05) is 5.75 Å². The first-order valence-corrected chi connectivity index (χ1v) is 8.73. The Hall–Kier alpha value is -1.56. The standard InChI is InChI=1S/C15H22N2O3S/c1-15(2,3)17-14(18)16-10-11-6-7-13-12(9-11)5-4-8-21(13,19)20/h6-7,9H,4-5,8,10H2,1-3H3,(H2,16,17,18). The number of benzene rings is 1. The number of hydrogen-bond acceptors (Lipinski definition) is 3. The monoisotopic (exact) mass is 310 g/mol. The number of sulfone groups is 1. The van der Waals surface area contributed by atoms with E-state index in [0.29, 0.717) is 17.9 Å². The molecule has 1 aliphatic heterocycles. The van der Waals surface area contributed by atoms with Gasteiger partial charge in [0.1, 0.15) is 0 Å². The van der Waals surface area contributed by atoms with Crippen molar-refractivity contribution in [3.8, 4) is 0 Å². The Bertz CT molecular complexity index is 645. The highest BCUT2D eigenvalue weighted by Crippen LogP contribution is 2.25. The van der Waals surface area contributed by atoms with Gasteiger partial charge in [-0.2, -0.15) is 0 Å². The fourth-order valence-corrected chi connectivity index (χ4v) is 3.95. The van der Waals surface area contributed by atoms with Gasteiger partial charge in [-0.05, 0) is 50.8 Å². The summed E-state index contributed by atoms with van der Waals surface area (Å²) in [4.78, 5) is 12.1. The van der Waals surface area contributed by atoms with Crippen molar-refractivity contribution in [2.45, 2.75) is 50.6 Å². The minimum Gasteiger partial charge on any atom is -0.334 e. The molecule has 0 unspecified atom stereocenters. The highest BCUT2D eigenvalue weighted by atomic mass is 32.2. The zero-order valence-corrected chi connectivity index (χ0v) is 13.5. The molecular weight excluding hydrogens is 288 g/mol. The van der Waals surface area contributed by atoms with Gasteiger partial charge in [0.2, 0.25) is 0 Å². The largest absolute Gasteiger partial charge is 0.334 e. The minimum atomic E-state index is -3.11. The molecule has 0 atom stereocenters. The molecule has 2 rings (SSSR count). The summed E-state index contributed by atoms with van der Waals surface area (Å²) in [5.41, 5.74) is 1.49. The number of carbonyl (C=O) groups is 1. The van der Waals surface area contributed by atoms with Crippen LogP contribution in [0.2, 0.25) is 0 Å². The van der Waals surface area contributed by atoms with E-state index in [1.54, 1.807) is 12.1 Å². The van der Waals surface area contributed by atoms with E-state index in [0.717, 1.165) is 17.5 Å². The van der Waals surface area contributed by atoms with Crippen LogP contribution in [0.1, 0.15) is 38.3 Å². The second-order valence-corrected chi connectivity index (χ2v) is 8.50. The molecule has 1 heterocycles. The summed E-state index contributed by atoms with van der Waals surface area (Å²) in [7, 11) is -3.11. The van der Waals surface area contributed by atoms with Crippen LogP contribution < -0.4 is 10.6 Å². The van der Waals surface area contributed by atoms with Gasteiger partial charge in [0.15, 0.2) is 9.84 Å². The third-order valence-corrected chi connectivity index (χ3v) is 5.16. The van der Waals surface area contributed by atoms with Crippen LogP contribution in [0.4, 0.5) is 4.79 Å². The van der Waals surface area contributed by atoms with Crippen LogP contribution in [-0.2, 0) is 22.8 Å². The Morgan fingerprint density at radius 1 is 1.29 bits per heavy atom. The normalized spacial score (nSPS) is 16.9. The number of hydrogen-bond donors (Lipinski definition) is 2. The second kappa shape index (κ2) is 5.67. The molecule has 0 saturated carbocycles. The van der Waals surface area contributed by atoms with Gasteiger partial charge in [0.25, 0.3) is 0 Å². The molecule has 5 nitrogen and oxygen atoms in total. The summed E-state index contributed by atoms with van der Waals surface area (Å²) in [6, 6.07) is 5.07. The van der Waals surface area contributed by atoms with Crippen LogP contribution in [0.5, 0.6) is 0 Å². The predicted octanol–water partition coefficient (Wildman–Crippen LogP) is 2.00. The van der Waals surface area contributed by atoms with Gasteiger partial charge < -0.3 is 10.6 Å². The summed E-state index contributed by atoms with van der Waals surface area (Å²) in [5, 5.41) is 5.60. The van der Waals surface area contributed by atoms with E-state index in [-0.39, 0.29) is 17.3 Å². The highest BCUT2D eigenvalue weighted by molar-refractivity contribution is 7.91. The van der Waals surface area contributed by atoms with Crippen molar-refractivity contribution in [1.82, 2.24) is 10.6 Å². The van der Waals surface area contributed by atoms with Crippen LogP contribution in [0.15, 0.2) is 23.1 Å². The quantitative estimate of drug-likeness (QED) is 0.877. The lowest BCUT2D eigenvalue weighted by Crippen LogP contribution is -2.46. The van der Waals surface area contributed by atoms with E-state index in [1.807, 2.05) is 26.8 Å². The van der Waals surface area contributed by atoms with Crippen LogP contribution in [0.3, 0.4) is 0 Å². The van der Waals surface area contributed by atoms with Crippen LogP contribution in [-0.4, -0.2) is 25.7 Å². The second-order valence-electron chi connectivity index (χ2n) is 6.42. The average Bonchev–Trinajstić information content (AvgIpc) is 2.33. The van der Waals surface area contributed by atoms with E-state index in [2.05, 4.69) is 10.6 Å². The highest BCUT2D eigenvalue weighted by Gasteiger charge is 2.23. The van der Waals surface area contributed by atoms with Crippen molar-refractivity contribution in [2.24, 2.45) is 0 Å². The van der Waals surface area contributed by atoms with Crippen LogP contribution in [0, 0.1) is 0 Å². The molecule has 2 amide bonds. The van der Waals surface area contributed by atoms with E-state index in [4.69, 9.17) is 0 Å². The minimum absolute atomic E-state index is 0.228. The summed E-state index contributed by atoms with van der Waals surface area (Å²) in [6.07, 6.45) is 1.44. The Labute approximate surface area is 126 Å². The van der Waals surface area contributed by atoms with Gasteiger partial charge in [0, 0.05) is 12.1 Å². The van der Waals surface area contributed by atoms with Gasteiger partial charge in [-0.3, -0.25) is 0 Å². The zero-order chi connectivity index (χ0) is 15.7. The molecule has 1 aromatic carbocycles. The SMILES string of the molecule is CC(C)(C)NC(=O)NCc1ccc2c(c1)CCCS2(=O)=O. The molecule has 0 fully saturated rings. The molecule has 0 aromatic heterocycles. The third kappa shape index (κ3) is 4.20. The first-order chi connectivity index (χ1) is 9.67. The molecule has 0 spiro atoms. The van der Waals surface area contributed by atoms with Crippen molar-refractivity contribution in [3.63, 3.8) is 0 Å². The van der Waals surface area contributed by atoms with E-state index < -0.39 is 9.84 Å². The number of carbonyl (C=O) groups excluding carboxylic acids is 1. The van der Waals surface area contributed by atoms with Crippen molar-refractivity contribution in [3.05, 3.63) is 29.3 Å². The third-order valence-electron chi connectivity index (χ3n) is 3.26. The Balaban J connectivity index is 2.05. The van der Waals surface area contributed by atoms with Crippen molar-refractivity contribution < 1.29 is 13.2 Å². The number of fused-ring (bicyclic) bond motifs is 1. The van der Waals surface area contributed by atoms with E-state index in [1.165, 1.54) is 0 Å². The smallest absolute Gasteiger partial charge is 0.315 e. The number of rotatable bonds is 2. The topological polar surface area (TPSA) is 75.3 Å². The molecule has 6 heteroatoms. The maximum atomic E-state index is 11.9. The summed E-state index contributed by atoms with van der Waals surface area (Å²) >= 11 is 0. The maximum Gasteiger partial charge on any atom is 0.315 e. The fourth-order valence-electron chi connectivity index (χ4n) is 2.37. The van der Waals surface area contributed by atoms with Crippen LogP contribution in [0.25, 0.3) is 0 Å². The first-order valence-electron chi connectivity index (χ1n) is 7.08. The maximum absolute atomic E-state index is 11.9. The predicted molar refractivity (Wildman–Crippen MR) is 81.9 cm³/mol. The molecule has 0 radical (unpaired) electrons. The molecule has 0 saturated heterocycles. The molecule has 21 heavy (non-hydrogen) atoms. The van der Waals surface area contributed by atoms with Crippen molar-refractivity contribution >= 4 is 15.9 Å². The van der Waals surface area contributed by atoms with E-state index >= 15 is 0 Å². The summed E-state index contributed by atoms with van der Waals surface area (Å²) < 4.78 is 23.9. The van der Waals surface area contributed by atoms with Gasteiger partial charge in [-0.15, -0.1) is 0 Å². The van der Waals surface area contributed by atoms with E-state index in [9.17, 15) is 13.2 Å². The lowest BCUT2D eigenvalue weighted by molar-refractivity contribution is 0.231. The van der Waals surface area contributed by atoms with Gasteiger partial charge in [-0.1, -0.05) is 12.1 Å². The summed E-state index contributed by atoms with van der Waals surface area (Å²) in [5.74, 6) is 0.228. The Kier molecular flexibility index (Phi) is 4.27. The Morgan fingerprint density at radius 3 is 2.67 bits per heavy atom. The average molecular weight is 310 g/mol. The van der Waals surface area contributed by atoms with Gasteiger partial charge in [0.05, 0.1) is 10.6 Å². The van der Waals surface area contributed by atoms with Crippen molar-refractivity contribution in [1.29, 1.82) is 0 Å². The van der Waals surface area contributed by atoms with Gasteiger partial charge >= 0.3 is 6.03 Å². The number of amides is 2. The first kappa shape index (κ1) is 15.8. The summed E-state index contributed by atoms with van der Waals surface area (Å²) in [6.45, 7) is 6.12. The molecule has 1 aromatic rings. The molecular formula is C15H22N2O3S. The lowest BCUT2D eigenvalue weighted by Gasteiger charge is -2.21. The molecule has 1 aliphatic rings. The number of urea groups is 1.